The fourth-order valence-corrected chi connectivity index (χ4v) is 3.81. The van der Waals surface area contributed by atoms with Crippen LogP contribution in [0.25, 0.3) is 0 Å². The first-order chi connectivity index (χ1) is 9.92. The SMILES string of the molecule is CCOC(=O)CN(C1CC1)S(=O)(=O)Cc1ccc(N)cc1. The van der Waals surface area contributed by atoms with Crippen molar-refractivity contribution in [2.45, 2.75) is 31.6 Å². The molecule has 0 unspecified atom stereocenters. The topological polar surface area (TPSA) is 89.7 Å². The highest BCUT2D eigenvalue weighted by molar-refractivity contribution is 7.88. The van der Waals surface area contributed by atoms with Gasteiger partial charge in [0.25, 0.3) is 0 Å². The van der Waals surface area contributed by atoms with Gasteiger partial charge in [-0.15, -0.1) is 0 Å². The molecule has 1 saturated carbocycles. The van der Waals surface area contributed by atoms with Crippen LogP contribution in [-0.2, 0) is 25.3 Å². The molecule has 0 atom stereocenters. The minimum Gasteiger partial charge on any atom is -0.465 e. The summed E-state index contributed by atoms with van der Waals surface area (Å²) < 4.78 is 31.1. The Morgan fingerprint density at radius 3 is 2.48 bits per heavy atom. The molecule has 0 bridgehead atoms. The van der Waals surface area contributed by atoms with Crippen molar-refractivity contribution in [1.82, 2.24) is 4.31 Å². The van der Waals surface area contributed by atoms with Crippen molar-refractivity contribution in [3.05, 3.63) is 29.8 Å². The van der Waals surface area contributed by atoms with Crippen LogP contribution in [0.2, 0.25) is 0 Å². The molecule has 0 saturated heterocycles. The number of ether oxygens (including phenoxy) is 1. The van der Waals surface area contributed by atoms with Crippen molar-refractivity contribution >= 4 is 21.7 Å². The quantitative estimate of drug-likeness (QED) is 0.602. The van der Waals surface area contributed by atoms with E-state index >= 15 is 0 Å². The molecular weight excluding hydrogens is 292 g/mol. The molecule has 1 aliphatic carbocycles. The molecule has 2 N–H and O–H groups in total. The van der Waals surface area contributed by atoms with Gasteiger partial charge in [-0.3, -0.25) is 4.79 Å². The summed E-state index contributed by atoms with van der Waals surface area (Å²) in [6.45, 7) is 1.73. The van der Waals surface area contributed by atoms with E-state index in [0.717, 1.165) is 12.8 Å². The van der Waals surface area contributed by atoms with Crippen molar-refractivity contribution in [1.29, 1.82) is 0 Å². The van der Waals surface area contributed by atoms with Gasteiger partial charge >= 0.3 is 5.97 Å². The van der Waals surface area contributed by atoms with Crippen LogP contribution in [0.3, 0.4) is 0 Å². The number of nitrogen functional groups attached to an aromatic ring is 1. The lowest BCUT2D eigenvalue weighted by Gasteiger charge is -2.20. The Morgan fingerprint density at radius 1 is 1.33 bits per heavy atom. The summed E-state index contributed by atoms with van der Waals surface area (Å²) in [5.74, 6) is -0.645. The highest BCUT2D eigenvalue weighted by Gasteiger charge is 2.38. The van der Waals surface area contributed by atoms with E-state index in [1.165, 1.54) is 4.31 Å². The number of hydrogen-bond donors (Lipinski definition) is 1. The van der Waals surface area contributed by atoms with Crippen LogP contribution in [0, 0.1) is 0 Å². The molecule has 7 heteroatoms. The Hall–Kier alpha value is -1.60. The number of carbonyl (C=O) groups excluding carboxylic acids is 1. The van der Waals surface area contributed by atoms with Gasteiger partial charge in [0.15, 0.2) is 0 Å². The number of sulfonamides is 1. The zero-order chi connectivity index (χ0) is 15.5. The molecular formula is C14H20N2O4S. The van der Waals surface area contributed by atoms with E-state index in [0.29, 0.717) is 11.3 Å². The predicted molar refractivity (Wildman–Crippen MR) is 79.8 cm³/mol. The number of hydrogen-bond acceptors (Lipinski definition) is 5. The maximum atomic E-state index is 12.5. The first-order valence-corrected chi connectivity index (χ1v) is 8.53. The van der Waals surface area contributed by atoms with Gasteiger partial charge < -0.3 is 10.5 Å². The largest absolute Gasteiger partial charge is 0.465 e. The van der Waals surface area contributed by atoms with E-state index in [1.54, 1.807) is 31.2 Å². The summed E-state index contributed by atoms with van der Waals surface area (Å²) >= 11 is 0. The van der Waals surface area contributed by atoms with E-state index in [1.807, 2.05) is 0 Å². The first kappa shape index (κ1) is 15.8. The van der Waals surface area contributed by atoms with Gasteiger partial charge in [-0.25, -0.2) is 8.42 Å². The maximum absolute atomic E-state index is 12.5. The monoisotopic (exact) mass is 312 g/mol. The minimum absolute atomic E-state index is 0.0758. The molecule has 1 aliphatic rings. The summed E-state index contributed by atoms with van der Waals surface area (Å²) in [5.41, 5.74) is 6.82. The average molecular weight is 312 g/mol. The molecule has 0 aliphatic heterocycles. The predicted octanol–water partition coefficient (Wildman–Crippen LogP) is 1.13. The molecule has 21 heavy (non-hydrogen) atoms. The van der Waals surface area contributed by atoms with E-state index < -0.39 is 16.0 Å². The molecule has 0 spiro atoms. The zero-order valence-corrected chi connectivity index (χ0v) is 12.8. The highest BCUT2D eigenvalue weighted by Crippen LogP contribution is 2.30. The van der Waals surface area contributed by atoms with Crippen molar-refractivity contribution < 1.29 is 17.9 Å². The number of carbonyl (C=O) groups is 1. The lowest BCUT2D eigenvalue weighted by molar-refractivity contribution is -0.143. The summed E-state index contributed by atoms with van der Waals surface area (Å²) in [6.07, 6.45) is 1.58. The van der Waals surface area contributed by atoms with Crippen LogP contribution in [0.4, 0.5) is 5.69 Å². The molecule has 2 rings (SSSR count). The molecule has 1 aromatic rings. The molecule has 1 aromatic carbocycles. The van der Waals surface area contributed by atoms with Crippen LogP contribution in [0.5, 0.6) is 0 Å². The van der Waals surface area contributed by atoms with Gasteiger partial charge in [-0.2, -0.15) is 4.31 Å². The van der Waals surface area contributed by atoms with Crippen LogP contribution in [0.15, 0.2) is 24.3 Å². The van der Waals surface area contributed by atoms with Gasteiger partial charge in [0.1, 0.15) is 6.54 Å². The summed E-state index contributed by atoms with van der Waals surface area (Å²) in [6, 6.07) is 6.62. The second-order valence-electron chi connectivity index (χ2n) is 5.08. The van der Waals surface area contributed by atoms with E-state index in [4.69, 9.17) is 10.5 Å². The summed E-state index contributed by atoms with van der Waals surface area (Å²) in [5, 5.41) is 0. The normalized spacial score (nSPS) is 15.1. The Bertz CT molecular complexity index is 594. The number of esters is 1. The molecule has 0 heterocycles. The molecule has 6 nitrogen and oxygen atoms in total. The molecule has 0 radical (unpaired) electrons. The van der Waals surface area contributed by atoms with Crippen LogP contribution < -0.4 is 5.73 Å². The standard InChI is InChI=1S/C14H20N2O4S/c1-2-20-14(17)9-16(13-7-8-13)21(18,19)10-11-3-5-12(15)6-4-11/h3-6,13H,2,7-10,15H2,1H3. The van der Waals surface area contributed by atoms with Crippen molar-refractivity contribution in [3.8, 4) is 0 Å². The molecule has 0 aromatic heterocycles. The smallest absolute Gasteiger partial charge is 0.321 e. The third-order valence-electron chi connectivity index (χ3n) is 3.23. The summed E-state index contributed by atoms with van der Waals surface area (Å²) in [4.78, 5) is 11.6. The number of anilines is 1. The van der Waals surface area contributed by atoms with E-state index in [2.05, 4.69) is 0 Å². The lowest BCUT2D eigenvalue weighted by atomic mass is 10.2. The Balaban J connectivity index is 2.10. The van der Waals surface area contributed by atoms with Crippen LogP contribution in [-0.4, -0.2) is 37.9 Å². The number of benzene rings is 1. The Kier molecular flexibility index (Phi) is 4.84. The summed E-state index contributed by atoms with van der Waals surface area (Å²) in [7, 11) is -3.55. The second kappa shape index (κ2) is 6.44. The Labute approximate surface area is 124 Å². The average Bonchev–Trinajstić information content (AvgIpc) is 3.23. The van der Waals surface area contributed by atoms with Crippen LogP contribution >= 0.6 is 0 Å². The van der Waals surface area contributed by atoms with Gasteiger partial charge in [0, 0.05) is 11.7 Å². The van der Waals surface area contributed by atoms with E-state index in [9.17, 15) is 13.2 Å². The van der Waals surface area contributed by atoms with E-state index in [-0.39, 0.29) is 24.9 Å². The fourth-order valence-electron chi connectivity index (χ4n) is 2.06. The second-order valence-corrected chi connectivity index (χ2v) is 7.00. The van der Waals surface area contributed by atoms with Crippen LogP contribution in [0.1, 0.15) is 25.3 Å². The zero-order valence-electron chi connectivity index (χ0n) is 12.0. The maximum Gasteiger partial charge on any atom is 0.321 e. The third kappa shape index (κ3) is 4.44. The van der Waals surface area contributed by atoms with Gasteiger partial charge in [0.2, 0.25) is 10.0 Å². The molecule has 1 fully saturated rings. The molecule has 0 amide bonds. The Morgan fingerprint density at radius 2 is 1.95 bits per heavy atom. The van der Waals surface area contributed by atoms with Crippen molar-refractivity contribution in [2.75, 3.05) is 18.9 Å². The highest BCUT2D eigenvalue weighted by atomic mass is 32.2. The fraction of sp³-hybridized carbons (Fsp3) is 0.500. The van der Waals surface area contributed by atoms with Gasteiger partial charge in [-0.05, 0) is 37.5 Å². The number of nitrogens with zero attached hydrogens (tertiary/aromatic N) is 1. The lowest BCUT2D eigenvalue weighted by Crippen LogP contribution is -2.38. The van der Waals surface area contributed by atoms with Crippen molar-refractivity contribution in [3.63, 3.8) is 0 Å². The first-order valence-electron chi connectivity index (χ1n) is 6.92. The number of rotatable bonds is 7. The number of nitrogens with two attached hydrogens (primary N) is 1. The van der Waals surface area contributed by atoms with Gasteiger partial charge in [0.05, 0.1) is 12.4 Å². The minimum atomic E-state index is -3.55. The van der Waals surface area contributed by atoms with Gasteiger partial charge in [-0.1, -0.05) is 12.1 Å². The molecule has 116 valence electrons. The third-order valence-corrected chi connectivity index (χ3v) is 5.07. The van der Waals surface area contributed by atoms with Crippen molar-refractivity contribution in [2.24, 2.45) is 0 Å².